The van der Waals surface area contributed by atoms with E-state index in [1.54, 1.807) is 24.3 Å². The molecule has 1 amide bonds. The zero-order valence-corrected chi connectivity index (χ0v) is 11.6. The topological polar surface area (TPSA) is 57.8 Å². The van der Waals surface area contributed by atoms with Crippen molar-refractivity contribution in [3.8, 4) is 6.07 Å². The summed E-state index contributed by atoms with van der Waals surface area (Å²) in [6, 6.07) is 12.4. The molecule has 0 fully saturated rings. The van der Waals surface area contributed by atoms with Crippen LogP contribution in [0, 0.1) is 11.3 Å². The first kappa shape index (κ1) is 13.9. The van der Waals surface area contributed by atoms with Gasteiger partial charge in [-0.05, 0) is 30.3 Å². The Kier molecular flexibility index (Phi) is 4.24. The number of aromatic nitrogens is 1. The molecule has 2 rings (SSSR count). The Bertz CT molecular complexity index is 710. The summed E-state index contributed by atoms with van der Waals surface area (Å²) in [7, 11) is 1.84. The average Bonchev–Trinajstić information content (AvgIpc) is 2.84. The SMILES string of the molecule is Cn1cccc1/C=C(\C#N)C(=O)Nc1ccccc1Cl. The maximum Gasteiger partial charge on any atom is 0.266 e. The molecule has 0 saturated heterocycles. The van der Waals surface area contributed by atoms with E-state index in [4.69, 9.17) is 16.9 Å². The highest BCUT2D eigenvalue weighted by Crippen LogP contribution is 2.21. The lowest BCUT2D eigenvalue weighted by atomic mass is 10.2. The highest BCUT2D eigenvalue weighted by atomic mass is 35.5. The van der Waals surface area contributed by atoms with E-state index < -0.39 is 5.91 Å². The Morgan fingerprint density at radius 2 is 2.10 bits per heavy atom. The number of nitrogens with one attached hydrogen (secondary N) is 1. The first-order valence-corrected chi connectivity index (χ1v) is 6.28. The Balaban J connectivity index is 2.23. The minimum absolute atomic E-state index is 0.0201. The fraction of sp³-hybridized carbons (Fsp3) is 0.0667. The quantitative estimate of drug-likeness (QED) is 0.695. The molecule has 4 nitrogen and oxygen atoms in total. The van der Waals surface area contributed by atoms with Gasteiger partial charge in [-0.2, -0.15) is 5.26 Å². The summed E-state index contributed by atoms with van der Waals surface area (Å²) in [5, 5.41) is 12.2. The number of benzene rings is 1. The van der Waals surface area contributed by atoms with Crippen LogP contribution in [0.2, 0.25) is 5.02 Å². The van der Waals surface area contributed by atoms with Gasteiger partial charge in [-0.3, -0.25) is 4.79 Å². The number of rotatable bonds is 3. The molecule has 1 heterocycles. The van der Waals surface area contributed by atoms with E-state index >= 15 is 0 Å². The first-order valence-electron chi connectivity index (χ1n) is 5.91. The van der Waals surface area contributed by atoms with Gasteiger partial charge in [-0.15, -0.1) is 0 Å². The number of halogens is 1. The van der Waals surface area contributed by atoms with Crippen molar-refractivity contribution >= 4 is 29.3 Å². The number of para-hydroxylation sites is 1. The van der Waals surface area contributed by atoms with Crippen LogP contribution in [0.4, 0.5) is 5.69 Å². The molecule has 0 radical (unpaired) electrons. The smallest absolute Gasteiger partial charge is 0.266 e. The maximum atomic E-state index is 12.1. The molecule has 0 spiro atoms. The number of hydrogen-bond donors (Lipinski definition) is 1. The van der Waals surface area contributed by atoms with E-state index in [-0.39, 0.29) is 5.57 Å². The van der Waals surface area contributed by atoms with Crippen LogP contribution in [0.3, 0.4) is 0 Å². The number of amides is 1. The number of hydrogen-bond acceptors (Lipinski definition) is 2. The number of aryl methyl sites for hydroxylation is 1. The third-order valence-corrected chi connectivity index (χ3v) is 3.09. The van der Waals surface area contributed by atoms with Crippen molar-refractivity contribution in [2.45, 2.75) is 0 Å². The molecule has 0 saturated carbocycles. The Labute approximate surface area is 121 Å². The molecule has 5 heteroatoms. The van der Waals surface area contributed by atoms with E-state index in [1.165, 1.54) is 6.08 Å². The number of carbonyl (C=O) groups excluding carboxylic acids is 1. The number of carbonyl (C=O) groups is 1. The largest absolute Gasteiger partial charge is 0.351 e. The van der Waals surface area contributed by atoms with Crippen molar-refractivity contribution in [2.75, 3.05) is 5.32 Å². The summed E-state index contributed by atoms with van der Waals surface area (Å²) in [5.41, 5.74) is 1.27. The van der Waals surface area contributed by atoms with Crippen LogP contribution in [-0.4, -0.2) is 10.5 Å². The zero-order chi connectivity index (χ0) is 14.5. The highest BCUT2D eigenvalue weighted by Gasteiger charge is 2.11. The van der Waals surface area contributed by atoms with Gasteiger partial charge < -0.3 is 9.88 Å². The lowest BCUT2D eigenvalue weighted by Crippen LogP contribution is -2.13. The third kappa shape index (κ3) is 3.08. The third-order valence-electron chi connectivity index (χ3n) is 2.76. The van der Waals surface area contributed by atoms with Gasteiger partial charge in [0.25, 0.3) is 5.91 Å². The Morgan fingerprint density at radius 1 is 1.35 bits per heavy atom. The molecule has 0 atom stereocenters. The van der Waals surface area contributed by atoms with Crippen LogP contribution in [0.1, 0.15) is 5.69 Å². The molecular formula is C15H12ClN3O. The Hall–Kier alpha value is -2.51. The number of nitriles is 1. The molecule has 2 aromatic rings. The predicted octanol–water partition coefficient (Wildman–Crippen LogP) is 3.22. The second-order valence-corrected chi connectivity index (χ2v) is 4.55. The van der Waals surface area contributed by atoms with E-state index in [9.17, 15) is 4.79 Å². The fourth-order valence-electron chi connectivity index (χ4n) is 1.67. The number of anilines is 1. The average molecular weight is 286 g/mol. The molecule has 0 aliphatic heterocycles. The fourth-order valence-corrected chi connectivity index (χ4v) is 1.86. The minimum atomic E-state index is -0.484. The predicted molar refractivity (Wildman–Crippen MR) is 79.1 cm³/mol. The molecule has 0 unspecified atom stereocenters. The monoisotopic (exact) mass is 285 g/mol. The molecule has 20 heavy (non-hydrogen) atoms. The summed E-state index contributed by atoms with van der Waals surface area (Å²) in [6.45, 7) is 0. The van der Waals surface area contributed by atoms with Crippen molar-refractivity contribution < 1.29 is 4.79 Å². The normalized spacial score (nSPS) is 10.9. The van der Waals surface area contributed by atoms with Crippen LogP contribution in [0.5, 0.6) is 0 Å². The first-order chi connectivity index (χ1) is 9.61. The molecule has 1 aromatic carbocycles. The van der Waals surface area contributed by atoms with Crippen molar-refractivity contribution in [1.82, 2.24) is 4.57 Å². The molecule has 0 aliphatic rings. The summed E-state index contributed by atoms with van der Waals surface area (Å²) in [4.78, 5) is 12.1. The van der Waals surface area contributed by atoms with Gasteiger partial charge in [0.1, 0.15) is 11.6 Å². The maximum absolute atomic E-state index is 12.1. The zero-order valence-electron chi connectivity index (χ0n) is 10.8. The van der Waals surface area contributed by atoms with Crippen molar-refractivity contribution in [3.05, 3.63) is 58.9 Å². The second-order valence-electron chi connectivity index (χ2n) is 4.15. The Morgan fingerprint density at radius 3 is 2.70 bits per heavy atom. The summed E-state index contributed by atoms with van der Waals surface area (Å²) < 4.78 is 1.82. The van der Waals surface area contributed by atoms with Gasteiger partial charge in [-0.25, -0.2) is 0 Å². The minimum Gasteiger partial charge on any atom is -0.351 e. The second kappa shape index (κ2) is 6.09. The van der Waals surface area contributed by atoms with E-state index in [0.717, 1.165) is 5.69 Å². The van der Waals surface area contributed by atoms with E-state index in [1.807, 2.05) is 36.0 Å². The van der Waals surface area contributed by atoms with E-state index in [2.05, 4.69) is 5.32 Å². The summed E-state index contributed by atoms with van der Waals surface area (Å²) in [6.07, 6.45) is 3.37. The van der Waals surface area contributed by atoms with E-state index in [0.29, 0.717) is 10.7 Å². The van der Waals surface area contributed by atoms with Crippen molar-refractivity contribution in [1.29, 1.82) is 5.26 Å². The van der Waals surface area contributed by atoms with Gasteiger partial charge >= 0.3 is 0 Å². The van der Waals surface area contributed by atoms with Crippen molar-refractivity contribution in [3.63, 3.8) is 0 Å². The molecular weight excluding hydrogens is 274 g/mol. The lowest BCUT2D eigenvalue weighted by Gasteiger charge is -2.06. The van der Waals surface area contributed by atoms with Gasteiger partial charge in [0.2, 0.25) is 0 Å². The molecule has 0 aliphatic carbocycles. The van der Waals surface area contributed by atoms with Gasteiger partial charge in [0.05, 0.1) is 10.7 Å². The van der Waals surface area contributed by atoms with Crippen LogP contribution in [0.25, 0.3) is 6.08 Å². The molecule has 1 N–H and O–H groups in total. The molecule has 0 bridgehead atoms. The standard InChI is InChI=1S/C15H12ClN3O/c1-19-8-4-5-12(19)9-11(10-17)15(20)18-14-7-3-2-6-13(14)16/h2-9H,1H3,(H,18,20)/b11-9+. The van der Waals surface area contributed by atoms with Crippen LogP contribution < -0.4 is 5.32 Å². The summed E-state index contributed by atoms with van der Waals surface area (Å²) >= 11 is 5.96. The van der Waals surface area contributed by atoms with Crippen molar-refractivity contribution in [2.24, 2.45) is 7.05 Å². The molecule has 100 valence electrons. The van der Waals surface area contributed by atoms with Crippen LogP contribution in [-0.2, 0) is 11.8 Å². The highest BCUT2D eigenvalue weighted by molar-refractivity contribution is 6.34. The summed E-state index contributed by atoms with van der Waals surface area (Å²) in [5.74, 6) is -0.484. The van der Waals surface area contributed by atoms with Crippen LogP contribution >= 0.6 is 11.6 Å². The lowest BCUT2D eigenvalue weighted by molar-refractivity contribution is -0.112. The van der Waals surface area contributed by atoms with Gasteiger partial charge in [0.15, 0.2) is 0 Å². The molecule has 1 aromatic heterocycles. The van der Waals surface area contributed by atoms with Crippen LogP contribution in [0.15, 0.2) is 48.2 Å². The number of nitrogens with zero attached hydrogens (tertiary/aromatic N) is 2. The van der Waals surface area contributed by atoms with Gasteiger partial charge in [0, 0.05) is 18.9 Å². The van der Waals surface area contributed by atoms with Gasteiger partial charge in [-0.1, -0.05) is 23.7 Å².